The van der Waals surface area contributed by atoms with Gasteiger partial charge in [0.05, 0.1) is 27.9 Å². The molecule has 0 unspecified atom stereocenters. The van der Waals surface area contributed by atoms with E-state index >= 15 is 0 Å². The molecule has 0 aliphatic carbocycles. The van der Waals surface area contributed by atoms with Crippen molar-refractivity contribution in [3.63, 3.8) is 0 Å². The minimum absolute atomic E-state index is 0.166. The molecule has 2 aromatic carbocycles. The summed E-state index contributed by atoms with van der Waals surface area (Å²) in [5.41, 5.74) is 2.34. The van der Waals surface area contributed by atoms with Gasteiger partial charge in [-0.05, 0) is 55.2 Å². The zero-order chi connectivity index (χ0) is 19.6. The molecule has 1 aromatic heterocycles. The van der Waals surface area contributed by atoms with Crippen LogP contribution in [0.4, 0.5) is 0 Å². The van der Waals surface area contributed by atoms with Crippen molar-refractivity contribution in [2.75, 3.05) is 0 Å². The van der Waals surface area contributed by atoms with Gasteiger partial charge in [-0.25, -0.2) is 4.98 Å². The van der Waals surface area contributed by atoms with Crippen LogP contribution in [0.25, 0.3) is 16.6 Å². The van der Waals surface area contributed by atoms with E-state index in [0.29, 0.717) is 27.0 Å². The van der Waals surface area contributed by atoms with Crippen LogP contribution in [0.15, 0.2) is 52.4 Å². The molecule has 3 aromatic rings. The van der Waals surface area contributed by atoms with Crippen LogP contribution in [0.1, 0.15) is 38.7 Å². The maximum absolute atomic E-state index is 13.2. The second-order valence-corrected chi connectivity index (χ2v) is 8.23. The molecule has 0 saturated heterocycles. The summed E-state index contributed by atoms with van der Waals surface area (Å²) < 4.78 is 1.58. The first-order chi connectivity index (χ1) is 12.9. The average Bonchev–Trinajstić information content (AvgIpc) is 2.67. The first-order valence-corrected chi connectivity index (χ1v) is 10.1. The Morgan fingerprint density at radius 3 is 2.56 bits per heavy atom. The van der Waals surface area contributed by atoms with Crippen LogP contribution in [0.3, 0.4) is 0 Å². The Bertz CT molecular complexity index is 1070. The molecule has 6 heteroatoms. The fraction of sp³-hybridized carbons (Fsp3) is 0.286. The Morgan fingerprint density at radius 2 is 1.93 bits per heavy atom. The molecule has 3 rings (SSSR count). The van der Waals surface area contributed by atoms with Gasteiger partial charge in [0.1, 0.15) is 0 Å². The first-order valence-electron chi connectivity index (χ1n) is 8.83. The van der Waals surface area contributed by atoms with Crippen molar-refractivity contribution in [2.24, 2.45) is 0 Å². The number of aromatic nitrogens is 2. The molecule has 0 amide bonds. The van der Waals surface area contributed by atoms with Gasteiger partial charge in [0.25, 0.3) is 5.56 Å². The van der Waals surface area contributed by atoms with Gasteiger partial charge >= 0.3 is 0 Å². The fourth-order valence-electron chi connectivity index (χ4n) is 2.82. The molecule has 2 atom stereocenters. The third-order valence-corrected chi connectivity index (χ3v) is 5.78. The molecule has 0 fully saturated rings. The van der Waals surface area contributed by atoms with Crippen LogP contribution < -0.4 is 5.56 Å². The maximum atomic E-state index is 13.2. The predicted molar refractivity (Wildman–Crippen MR) is 112 cm³/mol. The molecule has 1 heterocycles. The van der Waals surface area contributed by atoms with E-state index in [0.717, 1.165) is 12.1 Å². The molecule has 27 heavy (non-hydrogen) atoms. The number of hydrogen-bond acceptors (Lipinski definition) is 4. The highest BCUT2D eigenvalue weighted by atomic mass is 35.5. The summed E-state index contributed by atoms with van der Waals surface area (Å²) in [7, 11) is 0. The number of halogens is 1. The van der Waals surface area contributed by atoms with Crippen LogP contribution in [0.5, 0.6) is 0 Å². The average molecular weight is 398 g/mol. The minimum atomic E-state index is -0.334. The van der Waals surface area contributed by atoms with Gasteiger partial charge in [0.2, 0.25) is 0 Å². The summed E-state index contributed by atoms with van der Waals surface area (Å²) in [5.74, 6) is 0.458. The van der Waals surface area contributed by atoms with E-state index in [4.69, 9.17) is 11.6 Å². The van der Waals surface area contributed by atoms with E-state index in [1.54, 1.807) is 29.7 Å². The highest BCUT2D eigenvalue weighted by molar-refractivity contribution is 8.00. The van der Waals surface area contributed by atoms with E-state index in [1.165, 1.54) is 17.3 Å². The summed E-state index contributed by atoms with van der Waals surface area (Å²) in [6.45, 7) is 6.12. The number of rotatable bonds is 5. The molecule has 4 nitrogen and oxygen atoms in total. The second kappa shape index (κ2) is 8.16. The van der Waals surface area contributed by atoms with E-state index < -0.39 is 0 Å². The molecule has 0 radical (unpaired) electrons. The molecular formula is C21H20ClN3OS. The van der Waals surface area contributed by atoms with Crippen LogP contribution in [0.2, 0.25) is 5.02 Å². The Labute approximate surface area is 167 Å². The first kappa shape index (κ1) is 19.5. The van der Waals surface area contributed by atoms with Crippen LogP contribution >= 0.6 is 23.4 Å². The number of nitrogens with zero attached hydrogens (tertiary/aromatic N) is 3. The number of thioether (sulfide) groups is 1. The lowest BCUT2D eigenvalue weighted by atomic mass is 9.98. The summed E-state index contributed by atoms with van der Waals surface area (Å²) in [4.78, 5) is 17.8. The molecule has 138 valence electrons. The molecule has 0 bridgehead atoms. The van der Waals surface area contributed by atoms with E-state index in [1.807, 2.05) is 24.3 Å². The van der Waals surface area contributed by atoms with E-state index in [-0.39, 0.29) is 10.8 Å². The van der Waals surface area contributed by atoms with Crippen molar-refractivity contribution < 1.29 is 0 Å². The van der Waals surface area contributed by atoms with Crippen LogP contribution in [0, 0.1) is 11.3 Å². The largest absolute Gasteiger partial charge is 0.268 e. The standard InChI is InChI=1S/C21H20ClN3OS/c1-4-13(2)15-5-8-17(9-6-15)25-20(26)18-10-7-16(22)11-19(18)24-21(25)27-14(3)12-23/h5-11,13-14H,4H2,1-3H3/t13-,14-/m1/s1. The highest BCUT2D eigenvalue weighted by Crippen LogP contribution is 2.27. The zero-order valence-electron chi connectivity index (χ0n) is 15.4. The van der Waals surface area contributed by atoms with Gasteiger partial charge in [-0.3, -0.25) is 9.36 Å². The molecule has 0 aliphatic heterocycles. The summed E-state index contributed by atoms with van der Waals surface area (Å²) in [5, 5.41) is 10.4. The minimum Gasteiger partial charge on any atom is -0.268 e. The maximum Gasteiger partial charge on any atom is 0.266 e. The Hall–Kier alpha value is -2.29. The monoisotopic (exact) mass is 397 g/mol. The van der Waals surface area contributed by atoms with Gasteiger partial charge in [0, 0.05) is 5.02 Å². The van der Waals surface area contributed by atoms with Crippen molar-refractivity contribution in [2.45, 2.75) is 43.5 Å². The van der Waals surface area contributed by atoms with Crippen molar-refractivity contribution >= 4 is 34.3 Å². The lowest BCUT2D eigenvalue weighted by Gasteiger charge is -2.15. The normalized spacial score (nSPS) is 13.3. The Kier molecular flexibility index (Phi) is 5.88. The smallest absolute Gasteiger partial charge is 0.266 e. The zero-order valence-corrected chi connectivity index (χ0v) is 17.0. The molecule has 0 saturated carbocycles. The van der Waals surface area contributed by atoms with E-state index in [2.05, 4.69) is 24.9 Å². The lowest BCUT2D eigenvalue weighted by Crippen LogP contribution is -2.22. The van der Waals surface area contributed by atoms with E-state index in [9.17, 15) is 10.1 Å². The van der Waals surface area contributed by atoms with Crippen molar-refractivity contribution in [1.29, 1.82) is 5.26 Å². The van der Waals surface area contributed by atoms with Gasteiger partial charge in [-0.1, -0.05) is 49.3 Å². The van der Waals surface area contributed by atoms with Gasteiger partial charge in [-0.15, -0.1) is 0 Å². The number of hydrogen-bond donors (Lipinski definition) is 0. The molecule has 0 N–H and O–H groups in total. The third kappa shape index (κ3) is 4.02. The van der Waals surface area contributed by atoms with Gasteiger partial charge in [0.15, 0.2) is 5.16 Å². The van der Waals surface area contributed by atoms with Crippen LogP contribution in [-0.2, 0) is 0 Å². The third-order valence-electron chi connectivity index (χ3n) is 4.60. The molecule has 0 spiro atoms. The SMILES string of the molecule is CC[C@@H](C)c1ccc(-n2c(S[C@H](C)C#N)nc3cc(Cl)ccc3c2=O)cc1. The number of benzene rings is 2. The molecular weight excluding hydrogens is 378 g/mol. The number of nitriles is 1. The summed E-state index contributed by atoms with van der Waals surface area (Å²) >= 11 is 7.33. The topological polar surface area (TPSA) is 58.7 Å². The van der Waals surface area contributed by atoms with Gasteiger partial charge < -0.3 is 0 Å². The Morgan fingerprint density at radius 1 is 1.22 bits per heavy atom. The van der Waals surface area contributed by atoms with Crippen LogP contribution in [-0.4, -0.2) is 14.8 Å². The van der Waals surface area contributed by atoms with Crippen molar-refractivity contribution in [3.8, 4) is 11.8 Å². The summed E-state index contributed by atoms with van der Waals surface area (Å²) in [6, 6.07) is 15.2. The molecule has 0 aliphatic rings. The highest BCUT2D eigenvalue weighted by Gasteiger charge is 2.16. The fourth-order valence-corrected chi connectivity index (χ4v) is 3.80. The van der Waals surface area contributed by atoms with Gasteiger partial charge in [-0.2, -0.15) is 5.26 Å². The lowest BCUT2D eigenvalue weighted by molar-refractivity contribution is 0.732. The number of fused-ring (bicyclic) bond motifs is 1. The summed E-state index contributed by atoms with van der Waals surface area (Å²) in [6.07, 6.45) is 1.05. The Balaban J connectivity index is 2.21. The second-order valence-electron chi connectivity index (χ2n) is 6.49. The quantitative estimate of drug-likeness (QED) is 0.418. The van der Waals surface area contributed by atoms with Crippen molar-refractivity contribution in [3.05, 3.63) is 63.4 Å². The van der Waals surface area contributed by atoms with Crippen molar-refractivity contribution in [1.82, 2.24) is 9.55 Å². The predicted octanol–water partition coefficient (Wildman–Crippen LogP) is 5.56.